The average molecular weight is 300 g/mol. The van der Waals surface area contributed by atoms with E-state index >= 15 is 0 Å². The summed E-state index contributed by atoms with van der Waals surface area (Å²) in [6, 6.07) is 0.182. The molecule has 0 aromatic carbocycles. The van der Waals surface area contributed by atoms with Gasteiger partial charge < -0.3 is 5.11 Å². The van der Waals surface area contributed by atoms with E-state index in [1.54, 1.807) is 23.1 Å². The number of rotatable bonds is 5. The van der Waals surface area contributed by atoms with Gasteiger partial charge in [0.2, 0.25) is 0 Å². The molecule has 1 saturated carbocycles. The number of aryl methyl sites for hydroxylation is 1. The molecule has 0 bridgehead atoms. The highest BCUT2D eigenvalue weighted by Gasteiger charge is 2.46. The lowest BCUT2D eigenvalue weighted by Gasteiger charge is -2.28. The van der Waals surface area contributed by atoms with Gasteiger partial charge in [-0.2, -0.15) is 0 Å². The number of nitrogens with zero attached hydrogens (tertiary/aromatic N) is 1. The first-order chi connectivity index (χ1) is 8.91. The Hall–Kier alpha value is -0.590. The van der Waals surface area contributed by atoms with Crippen molar-refractivity contribution < 1.29 is 9.90 Å². The zero-order valence-electron chi connectivity index (χ0n) is 11.5. The van der Waals surface area contributed by atoms with Crippen molar-refractivity contribution in [2.75, 3.05) is 0 Å². The molecule has 2 N–H and O–H groups in total. The van der Waals surface area contributed by atoms with Gasteiger partial charge in [-0.05, 0) is 40.0 Å². The van der Waals surface area contributed by atoms with E-state index in [4.69, 9.17) is 0 Å². The van der Waals surface area contributed by atoms with Gasteiger partial charge in [-0.3, -0.25) is 10.1 Å². The molecule has 1 aliphatic rings. The van der Waals surface area contributed by atoms with Crippen LogP contribution >= 0.6 is 23.1 Å². The van der Waals surface area contributed by atoms with Crippen LogP contribution in [0.3, 0.4) is 0 Å². The SMILES string of the molecule is Cc1csc(SC2CCC(NC(C)C)(C(=O)O)C2)n1. The Labute approximate surface area is 122 Å². The molecule has 6 heteroatoms. The smallest absolute Gasteiger partial charge is 0.323 e. The zero-order valence-corrected chi connectivity index (χ0v) is 13.1. The standard InChI is InChI=1S/C13H20N2O2S2/c1-8(2)15-13(11(16)17)5-4-10(6-13)19-12-14-9(3)7-18-12/h7-8,10,15H,4-6H2,1-3H3,(H,16,17). The van der Waals surface area contributed by atoms with Crippen molar-refractivity contribution in [2.45, 2.75) is 61.2 Å². The van der Waals surface area contributed by atoms with Gasteiger partial charge in [0.15, 0.2) is 0 Å². The molecule has 2 rings (SSSR count). The summed E-state index contributed by atoms with van der Waals surface area (Å²) in [7, 11) is 0. The third-order valence-corrected chi connectivity index (χ3v) is 5.67. The van der Waals surface area contributed by atoms with E-state index in [2.05, 4.69) is 10.3 Å². The topological polar surface area (TPSA) is 62.2 Å². The van der Waals surface area contributed by atoms with Gasteiger partial charge in [0.1, 0.15) is 9.88 Å². The second-order valence-electron chi connectivity index (χ2n) is 5.42. The van der Waals surface area contributed by atoms with Crippen molar-refractivity contribution in [1.82, 2.24) is 10.3 Å². The van der Waals surface area contributed by atoms with Crippen molar-refractivity contribution in [3.05, 3.63) is 11.1 Å². The van der Waals surface area contributed by atoms with Gasteiger partial charge in [-0.1, -0.05) is 11.8 Å². The molecule has 1 aliphatic carbocycles. The molecule has 4 nitrogen and oxygen atoms in total. The van der Waals surface area contributed by atoms with Crippen molar-refractivity contribution in [2.24, 2.45) is 0 Å². The van der Waals surface area contributed by atoms with E-state index in [9.17, 15) is 9.90 Å². The maximum atomic E-state index is 11.6. The van der Waals surface area contributed by atoms with Crippen LogP contribution in [-0.2, 0) is 4.79 Å². The van der Waals surface area contributed by atoms with Crippen LogP contribution in [0.1, 0.15) is 38.8 Å². The summed E-state index contributed by atoms with van der Waals surface area (Å²) in [6.45, 7) is 5.97. The molecule has 0 radical (unpaired) electrons. The van der Waals surface area contributed by atoms with E-state index in [1.807, 2.05) is 26.2 Å². The number of carboxylic acids is 1. The summed E-state index contributed by atoms with van der Waals surface area (Å²) in [4.78, 5) is 16.0. The van der Waals surface area contributed by atoms with Crippen LogP contribution in [0.15, 0.2) is 9.72 Å². The molecular formula is C13H20N2O2S2. The molecule has 106 valence electrons. The number of carboxylic acid groups (broad SMARTS) is 1. The summed E-state index contributed by atoms with van der Waals surface area (Å²) in [6.07, 6.45) is 2.29. The van der Waals surface area contributed by atoms with Gasteiger partial charge in [-0.15, -0.1) is 11.3 Å². The second kappa shape index (κ2) is 5.81. The molecular weight excluding hydrogens is 280 g/mol. The van der Waals surface area contributed by atoms with Crippen LogP contribution in [-0.4, -0.2) is 32.9 Å². The Morgan fingerprint density at radius 1 is 1.68 bits per heavy atom. The molecule has 0 aliphatic heterocycles. The predicted octanol–water partition coefficient (Wildman–Crippen LogP) is 2.92. The highest BCUT2D eigenvalue weighted by molar-refractivity contribution is 8.01. The third-order valence-electron chi connectivity index (χ3n) is 3.31. The van der Waals surface area contributed by atoms with Gasteiger partial charge >= 0.3 is 5.97 Å². The molecule has 0 spiro atoms. The van der Waals surface area contributed by atoms with Gasteiger partial charge in [0, 0.05) is 22.4 Å². The van der Waals surface area contributed by atoms with E-state index < -0.39 is 11.5 Å². The molecule has 2 atom stereocenters. The van der Waals surface area contributed by atoms with Crippen LogP contribution in [0.25, 0.3) is 0 Å². The normalized spacial score (nSPS) is 27.1. The quantitative estimate of drug-likeness (QED) is 0.875. The lowest BCUT2D eigenvalue weighted by atomic mass is 9.97. The lowest BCUT2D eigenvalue weighted by molar-refractivity contribution is -0.145. The molecule has 1 fully saturated rings. The van der Waals surface area contributed by atoms with Crippen molar-refractivity contribution in [1.29, 1.82) is 0 Å². The van der Waals surface area contributed by atoms with Crippen molar-refractivity contribution in [3.8, 4) is 0 Å². The largest absolute Gasteiger partial charge is 0.480 e. The Kier molecular flexibility index (Phi) is 4.53. The van der Waals surface area contributed by atoms with Crippen LogP contribution in [0.2, 0.25) is 0 Å². The summed E-state index contributed by atoms with van der Waals surface area (Å²) in [5.41, 5.74) is 0.285. The van der Waals surface area contributed by atoms with Crippen LogP contribution in [0.4, 0.5) is 0 Å². The number of nitrogens with one attached hydrogen (secondary N) is 1. The summed E-state index contributed by atoms with van der Waals surface area (Å²) in [5, 5.41) is 15.1. The minimum absolute atomic E-state index is 0.182. The maximum Gasteiger partial charge on any atom is 0.323 e. The maximum absolute atomic E-state index is 11.6. The minimum atomic E-state index is -0.752. The number of hydrogen-bond acceptors (Lipinski definition) is 5. The third kappa shape index (κ3) is 3.49. The fourth-order valence-electron chi connectivity index (χ4n) is 2.57. The summed E-state index contributed by atoms with van der Waals surface area (Å²) < 4.78 is 1.05. The van der Waals surface area contributed by atoms with E-state index in [-0.39, 0.29) is 6.04 Å². The summed E-state index contributed by atoms with van der Waals surface area (Å²) in [5.74, 6) is -0.723. The fraction of sp³-hybridized carbons (Fsp3) is 0.692. The Bertz CT molecular complexity index is 461. The molecule has 1 aromatic rings. The number of thioether (sulfide) groups is 1. The minimum Gasteiger partial charge on any atom is -0.480 e. The first-order valence-electron chi connectivity index (χ1n) is 6.51. The van der Waals surface area contributed by atoms with Crippen LogP contribution < -0.4 is 5.32 Å². The van der Waals surface area contributed by atoms with E-state index in [0.29, 0.717) is 18.1 Å². The molecule has 2 unspecified atom stereocenters. The lowest BCUT2D eigenvalue weighted by Crippen LogP contribution is -2.53. The Morgan fingerprint density at radius 2 is 2.42 bits per heavy atom. The molecule has 19 heavy (non-hydrogen) atoms. The Balaban J connectivity index is 2.02. The number of aromatic nitrogens is 1. The molecule has 0 saturated heterocycles. The fourth-order valence-corrected chi connectivity index (χ4v) is 4.95. The van der Waals surface area contributed by atoms with E-state index in [0.717, 1.165) is 16.5 Å². The first-order valence-corrected chi connectivity index (χ1v) is 8.27. The van der Waals surface area contributed by atoms with Crippen LogP contribution in [0, 0.1) is 6.92 Å². The van der Waals surface area contributed by atoms with Gasteiger partial charge in [0.05, 0.1) is 0 Å². The highest BCUT2D eigenvalue weighted by Crippen LogP contribution is 2.41. The van der Waals surface area contributed by atoms with Crippen LogP contribution in [0.5, 0.6) is 0 Å². The molecule has 1 aromatic heterocycles. The zero-order chi connectivity index (χ0) is 14.0. The highest BCUT2D eigenvalue weighted by atomic mass is 32.2. The second-order valence-corrected chi connectivity index (χ2v) is 7.83. The number of carbonyl (C=O) groups is 1. The predicted molar refractivity (Wildman–Crippen MR) is 79.0 cm³/mol. The first kappa shape index (κ1) is 14.8. The number of aliphatic carboxylic acids is 1. The monoisotopic (exact) mass is 300 g/mol. The average Bonchev–Trinajstić information content (AvgIpc) is 2.87. The van der Waals surface area contributed by atoms with Gasteiger partial charge in [0.25, 0.3) is 0 Å². The van der Waals surface area contributed by atoms with Crippen molar-refractivity contribution in [3.63, 3.8) is 0 Å². The summed E-state index contributed by atoms with van der Waals surface area (Å²) >= 11 is 3.37. The number of hydrogen-bond donors (Lipinski definition) is 2. The van der Waals surface area contributed by atoms with E-state index in [1.165, 1.54) is 0 Å². The van der Waals surface area contributed by atoms with Crippen molar-refractivity contribution >= 4 is 29.1 Å². The van der Waals surface area contributed by atoms with Gasteiger partial charge in [-0.25, -0.2) is 4.98 Å². The number of thiazole rings is 1. The molecule has 0 amide bonds. The molecule has 1 heterocycles. The Morgan fingerprint density at radius 3 is 2.95 bits per heavy atom.